The first-order chi connectivity index (χ1) is 15.2. The van der Waals surface area contributed by atoms with E-state index in [-0.39, 0.29) is 35.7 Å². The number of aliphatic hydroxyl groups excluding tert-OH is 1. The summed E-state index contributed by atoms with van der Waals surface area (Å²) in [5.41, 5.74) is 0.957. The van der Waals surface area contributed by atoms with E-state index in [0.29, 0.717) is 33.0 Å². The highest BCUT2D eigenvalue weighted by Crippen LogP contribution is 2.44. The van der Waals surface area contributed by atoms with Crippen LogP contribution >= 0.6 is 23.2 Å². The van der Waals surface area contributed by atoms with Crippen molar-refractivity contribution in [2.24, 2.45) is 17.8 Å². The van der Waals surface area contributed by atoms with Gasteiger partial charge in [-0.2, -0.15) is 0 Å². The van der Waals surface area contributed by atoms with Crippen LogP contribution in [0.4, 0.5) is 0 Å². The third-order valence-corrected chi connectivity index (χ3v) is 7.94. The molecule has 2 saturated carbocycles. The molecule has 0 spiro atoms. The second kappa shape index (κ2) is 10.9. The number of hydrogen-bond donors (Lipinski definition) is 2. The maximum atomic E-state index is 10.9. The van der Waals surface area contributed by atoms with Gasteiger partial charge < -0.3 is 14.6 Å². The maximum Gasteiger partial charge on any atom is 0.103 e. The number of rotatable bonds is 10. The van der Waals surface area contributed by atoms with Gasteiger partial charge in [0.2, 0.25) is 0 Å². The van der Waals surface area contributed by atoms with Crippen molar-refractivity contribution in [3.05, 3.63) is 45.1 Å². The molecule has 1 aromatic carbocycles. The van der Waals surface area contributed by atoms with E-state index in [1.54, 1.807) is 18.2 Å². The normalized spacial score (nSPS) is 29.0. The zero-order chi connectivity index (χ0) is 23.5. The number of nitrogens with one attached hydrogen (secondary N) is 1. The second-order valence-electron chi connectivity index (χ2n) is 9.55. The molecule has 2 aliphatic carbocycles. The first-order valence-corrected chi connectivity index (χ1v) is 12.7. The Balaban J connectivity index is 1.77. The van der Waals surface area contributed by atoms with Crippen LogP contribution in [0.2, 0.25) is 10.0 Å². The molecule has 0 amide bonds. The van der Waals surface area contributed by atoms with E-state index in [1.165, 1.54) is 0 Å². The van der Waals surface area contributed by atoms with E-state index < -0.39 is 0 Å². The summed E-state index contributed by atoms with van der Waals surface area (Å²) < 4.78 is 12.7. The largest absolute Gasteiger partial charge is 0.512 e. The summed E-state index contributed by atoms with van der Waals surface area (Å²) in [6.45, 7) is 9.81. The Morgan fingerprint density at radius 3 is 2.41 bits per heavy atom. The predicted octanol–water partition coefficient (Wildman–Crippen LogP) is 7.61. The van der Waals surface area contributed by atoms with E-state index in [0.717, 1.165) is 45.1 Å². The van der Waals surface area contributed by atoms with Gasteiger partial charge in [0.25, 0.3) is 0 Å². The van der Waals surface area contributed by atoms with Crippen molar-refractivity contribution in [1.82, 2.24) is 0 Å². The fourth-order valence-corrected chi connectivity index (χ4v) is 5.52. The lowest BCUT2D eigenvalue weighted by Gasteiger charge is -2.48. The first kappa shape index (κ1) is 25.6. The van der Waals surface area contributed by atoms with Gasteiger partial charge in [-0.1, -0.05) is 56.5 Å². The van der Waals surface area contributed by atoms with Gasteiger partial charge in [0, 0.05) is 23.7 Å². The van der Waals surface area contributed by atoms with Gasteiger partial charge >= 0.3 is 0 Å². The minimum absolute atomic E-state index is 0.0600. The van der Waals surface area contributed by atoms with Crippen molar-refractivity contribution in [2.45, 2.75) is 77.9 Å². The zero-order valence-corrected chi connectivity index (χ0v) is 21.2. The molecule has 0 bridgehead atoms. The first-order valence-electron chi connectivity index (χ1n) is 11.9. The van der Waals surface area contributed by atoms with E-state index in [9.17, 15) is 5.11 Å². The van der Waals surface area contributed by atoms with Crippen LogP contribution in [0.1, 0.15) is 71.8 Å². The summed E-state index contributed by atoms with van der Waals surface area (Å²) in [4.78, 5) is 0. The Labute approximate surface area is 202 Å². The molecule has 1 aromatic rings. The molecule has 3 rings (SSSR count). The molecule has 4 nitrogen and oxygen atoms in total. The number of hydrogen-bond acceptors (Lipinski definition) is 4. The molecular weight excluding hydrogens is 445 g/mol. The van der Waals surface area contributed by atoms with Crippen molar-refractivity contribution in [3.63, 3.8) is 0 Å². The Bertz CT molecular complexity index is 831. The van der Waals surface area contributed by atoms with Crippen molar-refractivity contribution >= 4 is 28.9 Å². The highest BCUT2D eigenvalue weighted by Gasteiger charge is 2.45. The average molecular weight is 482 g/mol. The minimum atomic E-state index is -0.142. The quantitative estimate of drug-likeness (QED) is 0.266. The lowest BCUT2D eigenvalue weighted by Crippen LogP contribution is -2.50. The molecule has 32 heavy (non-hydrogen) atoms. The standard InChI is InChI=1S/C26H37Cl2NO3/c1-5-12-32-26(4)16(3)13-19(14-18(26)6-2)31-15-20(25(30)17-10-11-17)24(29)23-21(27)8-7-9-22(23)28/h7-9,16-19,29-30H,5-6,10-15H2,1-4H3/b25-20-,29-24?. The van der Waals surface area contributed by atoms with Gasteiger partial charge in [0.1, 0.15) is 5.76 Å². The van der Waals surface area contributed by atoms with Gasteiger partial charge in [-0.15, -0.1) is 0 Å². The summed E-state index contributed by atoms with van der Waals surface area (Å²) in [6.07, 6.45) is 5.79. The van der Waals surface area contributed by atoms with Crippen molar-refractivity contribution in [3.8, 4) is 0 Å². The molecule has 6 heteroatoms. The summed E-state index contributed by atoms with van der Waals surface area (Å²) in [7, 11) is 0. The van der Waals surface area contributed by atoms with Crippen LogP contribution in [-0.2, 0) is 9.47 Å². The van der Waals surface area contributed by atoms with Crippen molar-refractivity contribution < 1.29 is 14.6 Å². The Kier molecular flexibility index (Phi) is 8.71. The molecule has 2 aliphatic rings. The summed E-state index contributed by atoms with van der Waals surface area (Å²) in [5.74, 6) is 1.12. The van der Waals surface area contributed by atoms with Gasteiger partial charge in [-0.05, 0) is 63.0 Å². The lowest BCUT2D eigenvalue weighted by molar-refractivity contribution is -0.156. The molecular formula is C26H37Cl2NO3. The molecule has 0 saturated heterocycles. The topological polar surface area (TPSA) is 62.5 Å². The van der Waals surface area contributed by atoms with Gasteiger partial charge in [0.15, 0.2) is 0 Å². The fourth-order valence-electron chi connectivity index (χ4n) is 4.93. The van der Waals surface area contributed by atoms with E-state index in [4.69, 9.17) is 38.1 Å². The zero-order valence-electron chi connectivity index (χ0n) is 19.7. The molecule has 0 aliphatic heterocycles. The average Bonchev–Trinajstić information content (AvgIpc) is 3.60. The van der Waals surface area contributed by atoms with Gasteiger partial charge in [-0.25, -0.2) is 0 Å². The Morgan fingerprint density at radius 1 is 1.19 bits per heavy atom. The minimum Gasteiger partial charge on any atom is -0.512 e. The number of ether oxygens (including phenoxy) is 2. The molecule has 0 radical (unpaired) electrons. The Morgan fingerprint density at radius 2 is 1.84 bits per heavy atom. The van der Waals surface area contributed by atoms with Crippen molar-refractivity contribution in [1.29, 1.82) is 5.41 Å². The molecule has 4 atom stereocenters. The SMILES string of the molecule is CCCOC1(C)C(C)CC(OC/C(C(=N)c2c(Cl)cccc2Cl)=C(/O)C2CC2)CC1CC. The van der Waals surface area contributed by atoms with Gasteiger partial charge in [0.05, 0.1) is 34.1 Å². The van der Waals surface area contributed by atoms with Crippen LogP contribution in [0.3, 0.4) is 0 Å². The highest BCUT2D eigenvalue weighted by atomic mass is 35.5. The summed E-state index contributed by atoms with van der Waals surface area (Å²) in [6, 6.07) is 5.19. The van der Waals surface area contributed by atoms with Gasteiger partial charge in [-0.3, -0.25) is 5.41 Å². The predicted molar refractivity (Wildman–Crippen MR) is 132 cm³/mol. The maximum absolute atomic E-state index is 10.9. The van der Waals surface area contributed by atoms with Crippen LogP contribution in [-0.4, -0.2) is 35.7 Å². The Hall–Kier alpha value is -1.07. The molecule has 0 aromatic heterocycles. The number of halogens is 2. The van der Waals surface area contributed by atoms with E-state index in [2.05, 4.69) is 27.7 Å². The fraction of sp³-hybridized carbons (Fsp3) is 0.654. The third kappa shape index (κ3) is 5.52. The number of benzene rings is 1. The van der Waals surface area contributed by atoms with Crippen LogP contribution in [0.15, 0.2) is 29.5 Å². The molecule has 2 N–H and O–H groups in total. The van der Waals surface area contributed by atoms with Crippen LogP contribution < -0.4 is 0 Å². The molecule has 178 valence electrons. The monoisotopic (exact) mass is 481 g/mol. The van der Waals surface area contributed by atoms with Crippen molar-refractivity contribution in [2.75, 3.05) is 13.2 Å². The highest BCUT2D eigenvalue weighted by molar-refractivity contribution is 6.41. The molecule has 4 unspecified atom stereocenters. The lowest BCUT2D eigenvalue weighted by atomic mass is 9.68. The summed E-state index contributed by atoms with van der Waals surface area (Å²) in [5, 5.41) is 20.5. The van der Waals surface area contributed by atoms with E-state index in [1.807, 2.05) is 0 Å². The molecule has 2 fully saturated rings. The third-order valence-electron chi connectivity index (χ3n) is 7.31. The summed E-state index contributed by atoms with van der Waals surface area (Å²) >= 11 is 12.7. The van der Waals surface area contributed by atoms with Crippen LogP contribution in [0.5, 0.6) is 0 Å². The van der Waals surface area contributed by atoms with Crippen LogP contribution in [0, 0.1) is 23.2 Å². The van der Waals surface area contributed by atoms with Crippen LogP contribution in [0.25, 0.3) is 0 Å². The van der Waals surface area contributed by atoms with E-state index >= 15 is 0 Å². The number of aliphatic hydroxyl groups is 1. The number of allylic oxidation sites excluding steroid dienone is 1. The second-order valence-corrected chi connectivity index (χ2v) is 10.4. The molecule has 0 heterocycles. The smallest absolute Gasteiger partial charge is 0.103 e.